The monoisotopic (exact) mass is 263 g/mol. The molecule has 1 aromatic carbocycles. The summed E-state index contributed by atoms with van der Waals surface area (Å²) in [6.07, 6.45) is 0.223. The van der Waals surface area contributed by atoms with E-state index in [0.717, 1.165) is 12.1 Å². The molecule has 1 heterocycles. The van der Waals surface area contributed by atoms with Gasteiger partial charge < -0.3 is 14.8 Å². The molecule has 0 aromatic heterocycles. The number of esters is 1. The molecule has 2 atom stereocenters. The lowest BCUT2D eigenvalue weighted by atomic mass is 10.1. The molecular formula is C15H21NO3. The van der Waals surface area contributed by atoms with E-state index in [4.69, 9.17) is 9.47 Å². The molecule has 0 aliphatic carbocycles. The van der Waals surface area contributed by atoms with Gasteiger partial charge in [0.05, 0.1) is 18.3 Å². The molecule has 0 fully saturated rings. The van der Waals surface area contributed by atoms with Gasteiger partial charge in [0.2, 0.25) is 6.10 Å². The second kappa shape index (κ2) is 5.95. The maximum atomic E-state index is 12.0. The van der Waals surface area contributed by atoms with E-state index in [9.17, 15) is 4.79 Å². The normalized spacial score (nSPS) is 19.1. The van der Waals surface area contributed by atoms with Gasteiger partial charge in [-0.15, -0.1) is 0 Å². The van der Waals surface area contributed by atoms with E-state index in [0.29, 0.717) is 18.2 Å². The Labute approximate surface area is 114 Å². The van der Waals surface area contributed by atoms with Crippen LogP contribution >= 0.6 is 0 Å². The van der Waals surface area contributed by atoms with Crippen molar-refractivity contribution in [2.75, 3.05) is 11.9 Å². The lowest BCUT2D eigenvalue weighted by molar-refractivity contribution is -0.156. The number of carbonyl (C=O) groups is 1. The van der Waals surface area contributed by atoms with Gasteiger partial charge in [0, 0.05) is 0 Å². The van der Waals surface area contributed by atoms with Crippen molar-refractivity contribution < 1.29 is 14.3 Å². The Balaban J connectivity index is 1.92. The molecule has 0 saturated heterocycles. The maximum Gasteiger partial charge on any atom is 0.349 e. The average molecular weight is 263 g/mol. The highest BCUT2D eigenvalue weighted by Crippen LogP contribution is 2.28. The van der Waals surface area contributed by atoms with Crippen molar-refractivity contribution in [1.82, 2.24) is 0 Å². The number of fused-ring (bicyclic) bond motifs is 1. The molecule has 4 heteroatoms. The number of carbonyl (C=O) groups excluding carboxylic acids is 1. The fraction of sp³-hybridized carbons (Fsp3) is 0.533. The topological polar surface area (TPSA) is 47.6 Å². The molecule has 0 bridgehead atoms. The first-order valence-corrected chi connectivity index (χ1v) is 6.76. The molecule has 1 aliphatic rings. The summed E-state index contributed by atoms with van der Waals surface area (Å²) in [5.41, 5.74) is 0.918. The third-order valence-electron chi connectivity index (χ3n) is 3.02. The van der Waals surface area contributed by atoms with Crippen molar-refractivity contribution in [3.63, 3.8) is 0 Å². The molecule has 1 aromatic rings. The van der Waals surface area contributed by atoms with Gasteiger partial charge in [0.15, 0.2) is 0 Å². The third-order valence-corrected chi connectivity index (χ3v) is 3.02. The predicted octanol–water partition coefficient (Wildman–Crippen LogP) is 2.84. The van der Waals surface area contributed by atoms with Crippen LogP contribution in [-0.2, 0) is 9.53 Å². The highest BCUT2D eigenvalue weighted by atomic mass is 16.6. The Hall–Kier alpha value is -1.71. The van der Waals surface area contributed by atoms with Crippen LogP contribution in [0.1, 0.15) is 27.2 Å². The van der Waals surface area contributed by atoms with Crippen molar-refractivity contribution in [3.05, 3.63) is 24.3 Å². The van der Waals surface area contributed by atoms with Crippen LogP contribution in [0.15, 0.2) is 24.3 Å². The summed E-state index contributed by atoms with van der Waals surface area (Å²) in [6, 6.07) is 7.59. The molecule has 19 heavy (non-hydrogen) atoms. The molecular weight excluding hydrogens is 242 g/mol. The number of anilines is 1. The van der Waals surface area contributed by atoms with Gasteiger partial charge in [0.25, 0.3) is 0 Å². The number of rotatable bonds is 4. The lowest BCUT2D eigenvalue weighted by Gasteiger charge is -2.27. The van der Waals surface area contributed by atoms with Gasteiger partial charge in [-0.3, -0.25) is 0 Å². The minimum atomic E-state index is -0.565. The van der Waals surface area contributed by atoms with E-state index < -0.39 is 6.10 Å². The third kappa shape index (κ3) is 3.63. The van der Waals surface area contributed by atoms with E-state index in [-0.39, 0.29) is 12.1 Å². The Morgan fingerprint density at radius 1 is 1.42 bits per heavy atom. The lowest BCUT2D eigenvalue weighted by Crippen LogP contribution is -2.40. The van der Waals surface area contributed by atoms with E-state index in [1.165, 1.54) is 0 Å². The molecule has 2 rings (SSSR count). The van der Waals surface area contributed by atoms with Gasteiger partial charge in [0.1, 0.15) is 5.75 Å². The summed E-state index contributed by atoms with van der Waals surface area (Å²) in [6.45, 7) is 6.59. The second-order valence-corrected chi connectivity index (χ2v) is 5.36. The van der Waals surface area contributed by atoms with Gasteiger partial charge in [-0.2, -0.15) is 0 Å². The standard InChI is InChI=1S/C15H21NO3/c1-10(2)8-11(3)18-15(17)14-9-16-12-6-4-5-7-13(12)19-14/h4-7,10-11,14,16H,8-9H2,1-3H3. The fourth-order valence-corrected chi connectivity index (χ4v) is 2.23. The smallest absolute Gasteiger partial charge is 0.349 e. The first kappa shape index (κ1) is 13.7. The highest BCUT2D eigenvalue weighted by Gasteiger charge is 2.28. The van der Waals surface area contributed by atoms with Crippen molar-refractivity contribution in [1.29, 1.82) is 0 Å². The van der Waals surface area contributed by atoms with Crippen LogP contribution in [0, 0.1) is 5.92 Å². The maximum absolute atomic E-state index is 12.0. The van der Waals surface area contributed by atoms with Gasteiger partial charge in [-0.1, -0.05) is 26.0 Å². The number of benzene rings is 1. The SMILES string of the molecule is CC(C)CC(C)OC(=O)C1CNc2ccccc2O1. The number of hydrogen-bond acceptors (Lipinski definition) is 4. The fourth-order valence-electron chi connectivity index (χ4n) is 2.23. The van der Waals surface area contributed by atoms with Crippen LogP contribution in [0.3, 0.4) is 0 Å². The first-order chi connectivity index (χ1) is 9.06. The molecule has 2 unspecified atom stereocenters. The zero-order chi connectivity index (χ0) is 13.8. The molecule has 0 amide bonds. The summed E-state index contributed by atoms with van der Waals surface area (Å²) >= 11 is 0. The number of hydrogen-bond donors (Lipinski definition) is 1. The predicted molar refractivity (Wildman–Crippen MR) is 74.4 cm³/mol. The molecule has 1 N–H and O–H groups in total. The molecule has 4 nitrogen and oxygen atoms in total. The van der Waals surface area contributed by atoms with Crippen LogP contribution in [0.25, 0.3) is 0 Å². The zero-order valence-corrected chi connectivity index (χ0v) is 11.7. The molecule has 104 valence electrons. The Kier molecular flexibility index (Phi) is 4.30. The van der Waals surface area contributed by atoms with Crippen molar-refractivity contribution in [3.8, 4) is 5.75 Å². The van der Waals surface area contributed by atoms with E-state index in [2.05, 4.69) is 19.2 Å². The zero-order valence-electron chi connectivity index (χ0n) is 11.7. The van der Waals surface area contributed by atoms with Crippen molar-refractivity contribution in [2.45, 2.75) is 39.4 Å². The van der Waals surface area contributed by atoms with E-state index >= 15 is 0 Å². The summed E-state index contributed by atoms with van der Waals surface area (Å²) in [5.74, 6) is 0.913. The Morgan fingerprint density at radius 2 is 2.16 bits per heavy atom. The van der Waals surface area contributed by atoms with Gasteiger partial charge in [-0.25, -0.2) is 4.79 Å². The molecule has 0 radical (unpaired) electrons. The summed E-state index contributed by atoms with van der Waals surface area (Å²) < 4.78 is 11.1. The van der Waals surface area contributed by atoms with Crippen molar-refractivity contribution in [2.24, 2.45) is 5.92 Å². The minimum absolute atomic E-state index is 0.0757. The number of nitrogens with one attached hydrogen (secondary N) is 1. The summed E-state index contributed by atoms with van der Waals surface area (Å²) in [7, 11) is 0. The van der Waals surface area contributed by atoms with E-state index in [1.807, 2.05) is 31.2 Å². The molecule has 0 saturated carbocycles. The van der Waals surface area contributed by atoms with Gasteiger partial charge in [-0.05, 0) is 31.4 Å². The summed E-state index contributed by atoms with van der Waals surface area (Å²) in [5, 5.41) is 3.18. The van der Waals surface area contributed by atoms with E-state index in [1.54, 1.807) is 0 Å². The number of ether oxygens (including phenoxy) is 2. The van der Waals surface area contributed by atoms with Crippen LogP contribution < -0.4 is 10.1 Å². The van der Waals surface area contributed by atoms with Crippen LogP contribution in [-0.4, -0.2) is 24.7 Å². The number of para-hydroxylation sites is 2. The molecule has 0 spiro atoms. The highest BCUT2D eigenvalue weighted by molar-refractivity contribution is 5.77. The first-order valence-electron chi connectivity index (χ1n) is 6.76. The van der Waals surface area contributed by atoms with Gasteiger partial charge >= 0.3 is 5.97 Å². The Morgan fingerprint density at radius 3 is 2.89 bits per heavy atom. The minimum Gasteiger partial charge on any atom is -0.475 e. The average Bonchev–Trinajstić information content (AvgIpc) is 2.37. The quantitative estimate of drug-likeness (QED) is 0.849. The van der Waals surface area contributed by atoms with Crippen molar-refractivity contribution >= 4 is 11.7 Å². The molecule has 1 aliphatic heterocycles. The Bertz CT molecular complexity index is 445. The summed E-state index contributed by atoms with van der Waals surface area (Å²) in [4.78, 5) is 12.0. The largest absolute Gasteiger partial charge is 0.475 e. The van der Waals surface area contributed by atoms with Crippen LogP contribution in [0.5, 0.6) is 5.75 Å². The van der Waals surface area contributed by atoms with Crippen LogP contribution in [0.2, 0.25) is 0 Å². The second-order valence-electron chi connectivity index (χ2n) is 5.36. The van der Waals surface area contributed by atoms with Crippen LogP contribution in [0.4, 0.5) is 5.69 Å².